The third kappa shape index (κ3) is 0.559. The lowest BCUT2D eigenvalue weighted by Gasteiger charge is -2.04. The summed E-state index contributed by atoms with van der Waals surface area (Å²) in [5.74, 6) is -0.600. The van der Waals surface area contributed by atoms with Crippen LogP contribution in [0, 0.1) is 6.08 Å². The average molecular weight is 112 g/mol. The third-order valence-electron chi connectivity index (χ3n) is 1.03. The highest BCUT2D eigenvalue weighted by molar-refractivity contribution is 5.92. The Morgan fingerprint density at radius 1 is 1.88 bits per heavy atom. The van der Waals surface area contributed by atoms with Crippen molar-refractivity contribution in [2.45, 2.75) is 0 Å². The van der Waals surface area contributed by atoms with Crippen LogP contribution < -0.4 is 0 Å². The molecule has 1 rings (SSSR count). The Balaban J connectivity index is 2.73. The molecule has 0 spiro atoms. The number of likely N-dealkylation sites (N-methyl/N-ethyl adjacent to an activating group) is 1. The van der Waals surface area contributed by atoms with E-state index in [0.29, 0.717) is 6.54 Å². The van der Waals surface area contributed by atoms with Crippen molar-refractivity contribution in [3.8, 4) is 0 Å². The van der Waals surface area contributed by atoms with Crippen molar-refractivity contribution in [3.63, 3.8) is 0 Å². The van der Waals surface area contributed by atoms with Crippen molar-refractivity contribution in [2.24, 2.45) is 0 Å². The normalized spacial score (nSPS) is 19.4. The largest absolute Gasteiger partial charge is 0.503 e. The molecule has 3 nitrogen and oxygen atoms in total. The highest BCUT2D eigenvalue weighted by Crippen LogP contribution is 2.02. The van der Waals surface area contributed by atoms with Gasteiger partial charge in [-0.25, -0.2) is 0 Å². The summed E-state index contributed by atoms with van der Waals surface area (Å²) in [5, 5.41) is 8.58. The van der Waals surface area contributed by atoms with Crippen LogP contribution in [-0.4, -0.2) is 29.5 Å². The summed E-state index contributed by atoms with van der Waals surface area (Å²) in [6.07, 6.45) is 2.47. The van der Waals surface area contributed by atoms with Gasteiger partial charge in [-0.3, -0.25) is 4.79 Å². The van der Waals surface area contributed by atoms with Crippen molar-refractivity contribution in [3.05, 3.63) is 11.8 Å². The monoisotopic (exact) mass is 112 g/mol. The van der Waals surface area contributed by atoms with E-state index in [4.69, 9.17) is 5.11 Å². The third-order valence-corrected chi connectivity index (χ3v) is 1.03. The van der Waals surface area contributed by atoms with Crippen LogP contribution in [0.2, 0.25) is 0 Å². The molecule has 1 heterocycles. The van der Waals surface area contributed by atoms with Gasteiger partial charge in [0.1, 0.15) is 0 Å². The molecule has 1 N–H and O–H groups in total. The summed E-state index contributed by atoms with van der Waals surface area (Å²) in [4.78, 5) is 11.9. The summed E-state index contributed by atoms with van der Waals surface area (Å²) in [6.45, 7) is 0.407. The minimum absolute atomic E-state index is 0.257. The Morgan fingerprint density at radius 2 is 2.50 bits per heavy atom. The summed E-state index contributed by atoms with van der Waals surface area (Å²) in [5.41, 5.74) is 0. The summed E-state index contributed by atoms with van der Waals surface area (Å²) in [7, 11) is 1.61. The van der Waals surface area contributed by atoms with Crippen LogP contribution in [0.15, 0.2) is 5.76 Å². The molecule has 0 saturated carbocycles. The van der Waals surface area contributed by atoms with E-state index in [1.54, 1.807) is 7.05 Å². The summed E-state index contributed by atoms with van der Waals surface area (Å²) < 4.78 is 0. The zero-order valence-corrected chi connectivity index (χ0v) is 4.51. The zero-order chi connectivity index (χ0) is 6.15. The molecule has 0 aromatic rings. The molecule has 0 aromatic heterocycles. The lowest BCUT2D eigenvalue weighted by atomic mass is 10.5. The van der Waals surface area contributed by atoms with Gasteiger partial charge in [0, 0.05) is 13.1 Å². The number of aliphatic hydroxyl groups excluding tert-OH is 1. The van der Waals surface area contributed by atoms with Gasteiger partial charge < -0.3 is 10.0 Å². The highest BCUT2D eigenvalue weighted by Gasteiger charge is 2.18. The van der Waals surface area contributed by atoms with Crippen LogP contribution in [0.3, 0.4) is 0 Å². The predicted octanol–water partition coefficient (Wildman–Crippen LogP) is -0.297. The van der Waals surface area contributed by atoms with Crippen LogP contribution >= 0.6 is 0 Å². The fourth-order valence-electron chi connectivity index (χ4n) is 0.522. The molecule has 1 aliphatic heterocycles. The molecule has 1 amide bonds. The van der Waals surface area contributed by atoms with Crippen LogP contribution in [0.1, 0.15) is 0 Å². The molecule has 3 heteroatoms. The second kappa shape index (κ2) is 1.51. The maximum Gasteiger partial charge on any atom is 0.289 e. The standard InChI is InChI=1S/C5H6NO2/c1-6-3-2-4(7)5(6)8/h7H,3H2,1H3. The quantitative estimate of drug-likeness (QED) is 0.467. The fourth-order valence-corrected chi connectivity index (χ4v) is 0.522. The van der Waals surface area contributed by atoms with E-state index in [9.17, 15) is 4.79 Å². The highest BCUT2D eigenvalue weighted by atomic mass is 16.3. The van der Waals surface area contributed by atoms with E-state index >= 15 is 0 Å². The molecule has 1 aliphatic rings. The van der Waals surface area contributed by atoms with Gasteiger partial charge in [0.15, 0.2) is 5.76 Å². The Labute approximate surface area is 47.2 Å². The molecule has 0 aliphatic carbocycles. The van der Waals surface area contributed by atoms with E-state index < -0.39 is 0 Å². The lowest BCUT2D eigenvalue weighted by molar-refractivity contribution is -0.126. The van der Waals surface area contributed by atoms with Gasteiger partial charge >= 0.3 is 0 Å². The number of aliphatic hydroxyl groups is 1. The second-order valence-corrected chi connectivity index (χ2v) is 1.69. The summed E-state index contributed by atoms with van der Waals surface area (Å²) in [6, 6.07) is 0. The van der Waals surface area contributed by atoms with Crippen LogP contribution in [0.4, 0.5) is 0 Å². The summed E-state index contributed by atoms with van der Waals surface area (Å²) >= 11 is 0. The first kappa shape index (κ1) is 5.15. The van der Waals surface area contributed by atoms with Gasteiger partial charge in [-0.1, -0.05) is 0 Å². The SMILES string of the molecule is CN1C[C]=C(O)C1=O. The number of amides is 1. The number of nitrogens with zero attached hydrogens (tertiary/aromatic N) is 1. The van der Waals surface area contributed by atoms with E-state index in [2.05, 4.69) is 6.08 Å². The van der Waals surface area contributed by atoms with Gasteiger partial charge in [-0.2, -0.15) is 0 Å². The van der Waals surface area contributed by atoms with Crippen LogP contribution in [0.5, 0.6) is 0 Å². The van der Waals surface area contributed by atoms with Gasteiger partial charge in [-0.15, -0.1) is 0 Å². The molecule has 8 heavy (non-hydrogen) atoms. The Kier molecular flexibility index (Phi) is 0.970. The maximum atomic E-state index is 10.5. The van der Waals surface area contributed by atoms with Gasteiger partial charge in [0.05, 0.1) is 6.54 Å². The molecule has 0 aromatic carbocycles. The van der Waals surface area contributed by atoms with E-state index in [0.717, 1.165) is 0 Å². The van der Waals surface area contributed by atoms with Crippen molar-refractivity contribution < 1.29 is 9.90 Å². The van der Waals surface area contributed by atoms with Crippen LogP contribution in [-0.2, 0) is 4.79 Å². The Bertz CT molecular complexity index is 151. The minimum Gasteiger partial charge on any atom is -0.503 e. The predicted molar refractivity (Wildman–Crippen MR) is 27.0 cm³/mol. The zero-order valence-electron chi connectivity index (χ0n) is 4.51. The van der Waals surface area contributed by atoms with Crippen molar-refractivity contribution in [1.29, 1.82) is 0 Å². The average Bonchev–Trinajstić information content (AvgIpc) is 1.98. The maximum absolute atomic E-state index is 10.5. The fraction of sp³-hybridized carbons (Fsp3) is 0.400. The topological polar surface area (TPSA) is 40.5 Å². The van der Waals surface area contributed by atoms with Crippen LogP contribution in [0.25, 0.3) is 0 Å². The first-order valence-electron chi connectivity index (χ1n) is 2.27. The molecule has 43 valence electrons. The molecule has 0 bridgehead atoms. The number of carbonyl (C=O) groups excluding carboxylic acids is 1. The number of hydrogen-bond donors (Lipinski definition) is 1. The van der Waals surface area contributed by atoms with Gasteiger partial charge in [0.2, 0.25) is 0 Å². The number of carbonyl (C=O) groups is 1. The number of rotatable bonds is 0. The van der Waals surface area contributed by atoms with Crippen molar-refractivity contribution >= 4 is 5.91 Å². The van der Waals surface area contributed by atoms with Crippen molar-refractivity contribution in [1.82, 2.24) is 4.90 Å². The Morgan fingerprint density at radius 3 is 2.62 bits per heavy atom. The molecule has 0 unspecified atom stereocenters. The second-order valence-electron chi connectivity index (χ2n) is 1.69. The minimum atomic E-state index is -0.343. The van der Waals surface area contributed by atoms with Gasteiger partial charge in [0.25, 0.3) is 5.91 Å². The van der Waals surface area contributed by atoms with E-state index in [-0.39, 0.29) is 11.7 Å². The molecule has 0 fully saturated rings. The molecular formula is C5H6NO2. The Hall–Kier alpha value is -0.990. The molecule has 0 saturated heterocycles. The van der Waals surface area contributed by atoms with Crippen molar-refractivity contribution in [2.75, 3.05) is 13.6 Å². The first-order valence-corrected chi connectivity index (χ1v) is 2.27. The number of hydrogen-bond acceptors (Lipinski definition) is 2. The lowest BCUT2D eigenvalue weighted by Crippen LogP contribution is -2.21. The first-order chi connectivity index (χ1) is 3.72. The molecule has 1 radical (unpaired) electrons. The molecule has 0 atom stereocenters. The van der Waals surface area contributed by atoms with E-state index in [1.165, 1.54) is 4.90 Å². The smallest absolute Gasteiger partial charge is 0.289 e. The van der Waals surface area contributed by atoms with Gasteiger partial charge in [-0.05, 0) is 0 Å². The van der Waals surface area contributed by atoms with E-state index in [1.807, 2.05) is 0 Å². The molecular weight excluding hydrogens is 106 g/mol.